The first-order valence-corrected chi connectivity index (χ1v) is 27.7. The average molecular weight is 982 g/mol. The maximum absolute atomic E-state index is 2.73. The van der Waals surface area contributed by atoms with Crippen LogP contribution in [0.1, 0.15) is 130 Å². The van der Waals surface area contributed by atoms with Crippen LogP contribution < -0.4 is 26.2 Å². The van der Waals surface area contributed by atoms with E-state index in [4.69, 9.17) is 0 Å². The Hall–Kier alpha value is -6.82. The van der Waals surface area contributed by atoms with Crippen molar-refractivity contribution in [3.05, 3.63) is 191 Å². The van der Waals surface area contributed by atoms with Crippen molar-refractivity contribution < 1.29 is 0 Å². The Morgan fingerprint density at radius 1 is 0.459 bits per heavy atom. The molecule has 10 aromatic rings. The molecule has 13 rings (SSSR count). The minimum atomic E-state index is -0.220. The van der Waals surface area contributed by atoms with Gasteiger partial charge in [0.1, 0.15) is 0 Å². The second-order valence-electron chi connectivity index (χ2n) is 26.3. The summed E-state index contributed by atoms with van der Waals surface area (Å²) in [6.07, 6.45) is 0. The monoisotopic (exact) mass is 982 g/mol. The van der Waals surface area contributed by atoms with Gasteiger partial charge in [-0.05, 0) is 132 Å². The van der Waals surface area contributed by atoms with E-state index in [2.05, 4.69) is 269 Å². The van der Waals surface area contributed by atoms with Crippen molar-refractivity contribution in [3.63, 3.8) is 0 Å². The first-order valence-electron chi connectivity index (χ1n) is 26.9. The van der Waals surface area contributed by atoms with Gasteiger partial charge in [0.25, 0.3) is 6.71 Å². The standard InChI is InChI=1S/C69H68BN3S/c1-65(2,3)41-26-31-45(32-27-41)71(46-33-28-42(29-34-46)66(4,5)6)47-39-57-61-58(40-47)73-62-51(60-63(73)50-21-15-17-23-52(50)69(60,13)14)36-44(68(10,11)12)37-54(62)70(61)53-35-30-43(67(7,8)9)38-56(53)72(57)55-24-19-22-49-48-20-16-18-25-59(48)74-64(49)55/h15-40H,1-14H3. The third-order valence-electron chi connectivity index (χ3n) is 17.0. The van der Waals surface area contributed by atoms with Gasteiger partial charge in [0, 0.05) is 65.8 Å². The fourth-order valence-electron chi connectivity index (χ4n) is 12.9. The molecule has 5 heteroatoms. The summed E-state index contributed by atoms with van der Waals surface area (Å²) in [5.41, 5.74) is 24.3. The second-order valence-corrected chi connectivity index (χ2v) is 27.4. The van der Waals surface area contributed by atoms with Gasteiger partial charge in [-0.1, -0.05) is 194 Å². The summed E-state index contributed by atoms with van der Waals surface area (Å²) < 4.78 is 5.34. The number of fused-ring (bicyclic) bond motifs is 12. The summed E-state index contributed by atoms with van der Waals surface area (Å²) in [5.74, 6) is 0. The fourth-order valence-corrected chi connectivity index (χ4v) is 14.1. The second kappa shape index (κ2) is 15.6. The third-order valence-corrected chi connectivity index (χ3v) is 18.2. The van der Waals surface area contributed by atoms with Crippen LogP contribution in [0.5, 0.6) is 0 Å². The van der Waals surface area contributed by atoms with E-state index >= 15 is 0 Å². The van der Waals surface area contributed by atoms with Gasteiger partial charge in [-0.3, -0.25) is 0 Å². The zero-order chi connectivity index (χ0) is 51.8. The zero-order valence-electron chi connectivity index (χ0n) is 45.8. The molecule has 368 valence electrons. The highest BCUT2D eigenvalue weighted by molar-refractivity contribution is 7.26. The quantitative estimate of drug-likeness (QED) is 0.163. The minimum Gasteiger partial charge on any atom is -0.310 e. The number of thiophene rings is 1. The van der Waals surface area contributed by atoms with Gasteiger partial charge >= 0.3 is 0 Å². The fraction of sp³-hybridized carbons (Fsp3) is 0.275. The van der Waals surface area contributed by atoms with Crippen molar-refractivity contribution >= 4 is 99.6 Å². The molecule has 0 bridgehead atoms. The molecule has 1 aliphatic carbocycles. The van der Waals surface area contributed by atoms with Gasteiger partial charge in [0.05, 0.1) is 21.8 Å². The molecule has 2 aromatic heterocycles. The highest BCUT2D eigenvalue weighted by Crippen LogP contribution is 2.56. The lowest BCUT2D eigenvalue weighted by molar-refractivity contribution is 0.590. The van der Waals surface area contributed by atoms with Gasteiger partial charge in [0.2, 0.25) is 0 Å². The highest BCUT2D eigenvalue weighted by Gasteiger charge is 2.48. The summed E-state index contributed by atoms with van der Waals surface area (Å²) in [6, 6.07) is 61.7. The Balaban J connectivity index is 1.22. The number of anilines is 6. The molecule has 74 heavy (non-hydrogen) atoms. The van der Waals surface area contributed by atoms with Gasteiger partial charge in [-0.15, -0.1) is 11.3 Å². The number of hydrogen-bond donors (Lipinski definition) is 0. The highest BCUT2D eigenvalue weighted by atomic mass is 32.1. The predicted octanol–water partition coefficient (Wildman–Crippen LogP) is 17.6. The van der Waals surface area contributed by atoms with E-state index in [1.807, 2.05) is 11.3 Å². The number of hydrogen-bond acceptors (Lipinski definition) is 3. The minimum absolute atomic E-state index is 0.0145. The van der Waals surface area contributed by atoms with Crippen LogP contribution in [-0.4, -0.2) is 11.3 Å². The molecule has 0 N–H and O–H groups in total. The van der Waals surface area contributed by atoms with Crippen LogP contribution in [-0.2, 0) is 27.1 Å². The Kier molecular flexibility index (Phi) is 9.91. The van der Waals surface area contributed by atoms with E-state index in [1.165, 1.54) is 115 Å². The largest absolute Gasteiger partial charge is 0.310 e. The molecule has 0 atom stereocenters. The molecule has 0 unspecified atom stereocenters. The Morgan fingerprint density at radius 3 is 1.69 bits per heavy atom. The topological polar surface area (TPSA) is 11.4 Å². The smallest absolute Gasteiger partial charge is 0.252 e. The molecule has 2 aliphatic heterocycles. The van der Waals surface area contributed by atoms with E-state index in [-0.39, 0.29) is 33.8 Å². The van der Waals surface area contributed by atoms with Crippen molar-refractivity contribution in [2.45, 2.75) is 124 Å². The van der Waals surface area contributed by atoms with Gasteiger partial charge in [-0.25, -0.2) is 0 Å². The Bertz CT molecular complexity index is 3910. The molecule has 3 nitrogen and oxygen atoms in total. The lowest BCUT2D eigenvalue weighted by atomic mass is 9.33. The molecular weight excluding hydrogens is 914 g/mol. The van der Waals surface area contributed by atoms with Crippen LogP contribution in [0, 0.1) is 0 Å². The molecule has 0 fully saturated rings. The molecular formula is C69H68BN3S. The van der Waals surface area contributed by atoms with Crippen LogP contribution in [0.3, 0.4) is 0 Å². The molecule has 0 spiro atoms. The molecule has 0 amide bonds. The molecule has 0 saturated carbocycles. The molecule has 0 saturated heterocycles. The first-order chi connectivity index (χ1) is 35.0. The van der Waals surface area contributed by atoms with Crippen LogP contribution in [0.4, 0.5) is 34.1 Å². The first kappa shape index (κ1) is 46.9. The number of benzene rings is 8. The van der Waals surface area contributed by atoms with Crippen LogP contribution in [0.2, 0.25) is 0 Å². The molecule has 8 aromatic carbocycles. The lowest BCUT2D eigenvalue weighted by Gasteiger charge is -2.42. The average Bonchev–Trinajstić information content (AvgIpc) is 4.16. The SMILES string of the molecule is CC(C)(C)c1ccc(N(c2ccc(C(C)(C)C)cc2)c2cc3c4c(c2)-n2c5c(c6cc(C(C)(C)C)cc(c62)B4c2ccc(C(C)(C)C)cc2N3c2cccc3c2sc2ccccc23)C(C)(C)c2ccccc2-5)cc1. The van der Waals surface area contributed by atoms with E-state index in [9.17, 15) is 0 Å². The Morgan fingerprint density at radius 2 is 1.04 bits per heavy atom. The summed E-state index contributed by atoms with van der Waals surface area (Å²) in [7, 11) is 0. The zero-order valence-corrected chi connectivity index (χ0v) is 46.7. The lowest BCUT2D eigenvalue weighted by Crippen LogP contribution is -2.60. The van der Waals surface area contributed by atoms with Crippen molar-refractivity contribution in [1.82, 2.24) is 4.57 Å². The van der Waals surface area contributed by atoms with Crippen molar-refractivity contribution in [1.29, 1.82) is 0 Å². The van der Waals surface area contributed by atoms with Crippen molar-refractivity contribution in [3.8, 4) is 16.9 Å². The molecule has 3 aliphatic rings. The van der Waals surface area contributed by atoms with Crippen LogP contribution >= 0.6 is 11.3 Å². The maximum Gasteiger partial charge on any atom is 0.252 e. The van der Waals surface area contributed by atoms with Gasteiger partial charge in [0.15, 0.2) is 0 Å². The summed E-state index contributed by atoms with van der Waals surface area (Å²) in [4.78, 5) is 5.21. The number of rotatable bonds is 4. The van der Waals surface area contributed by atoms with Crippen molar-refractivity contribution in [2.75, 3.05) is 9.80 Å². The summed E-state index contributed by atoms with van der Waals surface area (Å²) in [6.45, 7) is 33.0. The summed E-state index contributed by atoms with van der Waals surface area (Å²) in [5, 5.41) is 3.98. The number of aromatic nitrogens is 1. The van der Waals surface area contributed by atoms with Gasteiger partial charge in [-0.2, -0.15) is 0 Å². The van der Waals surface area contributed by atoms with E-state index in [0.717, 1.165) is 17.1 Å². The third kappa shape index (κ3) is 6.84. The maximum atomic E-state index is 2.73. The van der Waals surface area contributed by atoms with Crippen LogP contribution in [0.25, 0.3) is 48.0 Å². The van der Waals surface area contributed by atoms with E-state index in [0.29, 0.717) is 0 Å². The summed E-state index contributed by atoms with van der Waals surface area (Å²) >= 11 is 1.92. The normalized spacial score (nSPS) is 14.7. The van der Waals surface area contributed by atoms with Crippen LogP contribution in [0.15, 0.2) is 158 Å². The predicted molar refractivity (Wildman–Crippen MR) is 323 cm³/mol. The van der Waals surface area contributed by atoms with E-state index in [1.54, 1.807) is 0 Å². The van der Waals surface area contributed by atoms with E-state index < -0.39 is 0 Å². The number of nitrogens with zero attached hydrogens (tertiary/aromatic N) is 3. The van der Waals surface area contributed by atoms with Crippen molar-refractivity contribution in [2.24, 2.45) is 0 Å². The Labute approximate surface area is 443 Å². The molecule has 4 heterocycles. The van der Waals surface area contributed by atoms with Gasteiger partial charge < -0.3 is 14.4 Å². The molecule has 0 radical (unpaired) electrons.